The molecule has 0 fully saturated rings. The van der Waals surface area contributed by atoms with E-state index in [1.54, 1.807) is 0 Å². The zero-order valence-corrected chi connectivity index (χ0v) is 9.65. The lowest BCUT2D eigenvalue weighted by molar-refractivity contribution is 0.367. The summed E-state index contributed by atoms with van der Waals surface area (Å²) in [4.78, 5) is 0. The van der Waals surface area contributed by atoms with Crippen LogP contribution in [0.4, 0.5) is 0 Å². The van der Waals surface area contributed by atoms with Crippen LogP contribution < -0.4 is 4.74 Å². The molecule has 0 bridgehead atoms. The predicted octanol–water partition coefficient (Wildman–Crippen LogP) is 4.01. The van der Waals surface area contributed by atoms with Crippen molar-refractivity contribution in [2.24, 2.45) is 0 Å². The van der Waals surface area contributed by atoms with Gasteiger partial charge in [-0.1, -0.05) is 48.6 Å². The number of ether oxygens (including phenoxy) is 1. The van der Waals surface area contributed by atoms with E-state index in [0.717, 1.165) is 11.1 Å². The molecule has 0 unspecified atom stereocenters. The highest BCUT2D eigenvalue weighted by Crippen LogP contribution is 2.24. The van der Waals surface area contributed by atoms with Crippen molar-refractivity contribution in [3.8, 4) is 5.75 Å². The second kappa shape index (κ2) is 5.57. The Bertz CT molecular complexity index is 486. The summed E-state index contributed by atoms with van der Waals surface area (Å²) in [5, 5.41) is 2.34. The van der Waals surface area contributed by atoms with Gasteiger partial charge in [-0.3, -0.25) is 0 Å². The summed E-state index contributed by atoms with van der Waals surface area (Å²) in [6, 6.07) is 14.3. The Balaban J connectivity index is 2.20. The van der Waals surface area contributed by atoms with Gasteiger partial charge >= 0.3 is 0 Å². The van der Waals surface area contributed by atoms with Gasteiger partial charge in [0.15, 0.2) is 0 Å². The van der Waals surface area contributed by atoms with Gasteiger partial charge in [0.2, 0.25) is 0 Å². The van der Waals surface area contributed by atoms with Crippen LogP contribution in [0.5, 0.6) is 5.75 Å². The average molecular weight is 233 g/mol. The number of hydrogen-bond donors (Lipinski definition) is 0. The first-order valence-corrected chi connectivity index (χ1v) is 5.77. The smallest absolute Gasteiger partial charge is 0.127 e. The van der Waals surface area contributed by atoms with Crippen LogP contribution in [-0.4, -0.2) is 12.5 Å². The van der Waals surface area contributed by atoms with Gasteiger partial charge < -0.3 is 4.74 Å². The Morgan fingerprint density at radius 1 is 1.00 bits per heavy atom. The van der Waals surface area contributed by atoms with Crippen LogP contribution in [0.25, 0.3) is 10.8 Å². The largest absolute Gasteiger partial charge is 0.489 e. The molecule has 2 rings (SSSR count). The summed E-state index contributed by atoms with van der Waals surface area (Å²) in [5.74, 6) is 1.44. The van der Waals surface area contributed by atoms with Gasteiger partial charge in [0.25, 0.3) is 0 Å². The Labute approximate surface area is 100 Å². The second-order valence-electron chi connectivity index (χ2n) is 3.41. The molecule has 0 aliphatic rings. The van der Waals surface area contributed by atoms with E-state index in [4.69, 9.17) is 16.3 Å². The van der Waals surface area contributed by atoms with Gasteiger partial charge in [-0.25, -0.2) is 0 Å². The van der Waals surface area contributed by atoms with Crippen molar-refractivity contribution in [1.82, 2.24) is 0 Å². The normalized spacial score (nSPS) is 11.1. The van der Waals surface area contributed by atoms with Crippen molar-refractivity contribution < 1.29 is 4.74 Å². The third-order valence-corrected chi connectivity index (χ3v) is 2.52. The van der Waals surface area contributed by atoms with Gasteiger partial charge in [0.1, 0.15) is 12.4 Å². The number of halogens is 1. The number of allylic oxidation sites excluding steroid dienone is 1. The summed E-state index contributed by atoms with van der Waals surface area (Å²) >= 11 is 5.54. The van der Waals surface area contributed by atoms with Crippen LogP contribution in [0.2, 0.25) is 0 Å². The first-order chi connectivity index (χ1) is 7.92. The molecule has 0 saturated heterocycles. The molecule has 0 saturated carbocycles. The fraction of sp³-hybridized carbons (Fsp3) is 0.143. The molecule has 0 heterocycles. The summed E-state index contributed by atoms with van der Waals surface area (Å²) in [5.41, 5.74) is 0. The topological polar surface area (TPSA) is 9.23 Å². The third kappa shape index (κ3) is 2.56. The Morgan fingerprint density at radius 3 is 2.69 bits per heavy atom. The molecular weight excluding hydrogens is 220 g/mol. The molecule has 16 heavy (non-hydrogen) atoms. The zero-order chi connectivity index (χ0) is 11.2. The van der Waals surface area contributed by atoms with Crippen LogP contribution in [0.3, 0.4) is 0 Å². The lowest BCUT2D eigenvalue weighted by atomic mass is 10.1. The molecule has 0 aromatic heterocycles. The van der Waals surface area contributed by atoms with Gasteiger partial charge in [0, 0.05) is 11.3 Å². The van der Waals surface area contributed by atoms with Crippen molar-refractivity contribution >= 4 is 22.4 Å². The second-order valence-corrected chi connectivity index (χ2v) is 3.72. The SMILES string of the molecule is ClCC=CCOc1cccc2ccccc12. The Kier molecular flexibility index (Phi) is 3.84. The number of fused-ring (bicyclic) bond motifs is 1. The molecule has 0 aliphatic carbocycles. The van der Waals surface area contributed by atoms with Gasteiger partial charge in [-0.05, 0) is 11.5 Å². The fourth-order valence-corrected chi connectivity index (χ4v) is 1.72. The molecular formula is C14H13ClO. The number of rotatable bonds is 4. The van der Waals surface area contributed by atoms with E-state index in [0.29, 0.717) is 12.5 Å². The van der Waals surface area contributed by atoms with Gasteiger partial charge in [-0.2, -0.15) is 0 Å². The minimum atomic E-state index is 0.527. The Hall–Kier alpha value is -1.47. The summed E-state index contributed by atoms with van der Waals surface area (Å²) in [6.45, 7) is 0.556. The van der Waals surface area contributed by atoms with E-state index >= 15 is 0 Å². The predicted molar refractivity (Wildman–Crippen MR) is 69.3 cm³/mol. The van der Waals surface area contributed by atoms with E-state index in [9.17, 15) is 0 Å². The molecule has 0 amide bonds. The third-order valence-electron chi connectivity index (χ3n) is 2.34. The number of alkyl halides is 1. The Morgan fingerprint density at radius 2 is 1.81 bits per heavy atom. The molecule has 2 heteroatoms. The van der Waals surface area contributed by atoms with Crippen LogP contribution in [0.1, 0.15) is 0 Å². The highest BCUT2D eigenvalue weighted by Gasteiger charge is 1.99. The highest BCUT2D eigenvalue weighted by atomic mass is 35.5. The van der Waals surface area contributed by atoms with Crippen LogP contribution in [0, 0.1) is 0 Å². The lowest BCUT2D eigenvalue weighted by Gasteiger charge is -2.06. The molecule has 0 atom stereocenters. The van der Waals surface area contributed by atoms with Crippen LogP contribution >= 0.6 is 11.6 Å². The number of benzene rings is 2. The molecule has 2 aromatic rings. The van der Waals surface area contributed by atoms with Crippen molar-refractivity contribution in [2.45, 2.75) is 0 Å². The standard InChI is InChI=1S/C14H13ClO/c15-10-3-4-11-16-14-9-5-7-12-6-1-2-8-13(12)14/h1-9H,10-11H2. The van der Waals surface area contributed by atoms with E-state index in [-0.39, 0.29) is 0 Å². The first-order valence-electron chi connectivity index (χ1n) is 5.23. The zero-order valence-electron chi connectivity index (χ0n) is 8.90. The first kappa shape index (κ1) is 11.0. The average Bonchev–Trinajstić information content (AvgIpc) is 2.35. The minimum Gasteiger partial charge on any atom is -0.489 e. The van der Waals surface area contributed by atoms with Gasteiger partial charge in [-0.15, -0.1) is 11.6 Å². The molecule has 0 spiro atoms. The van der Waals surface area contributed by atoms with Gasteiger partial charge in [0.05, 0.1) is 0 Å². The van der Waals surface area contributed by atoms with E-state index in [1.807, 2.05) is 36.4 Å². The molecule has 0 radical (unpaired) electrons. The maximum atomic E-state index is 5.68. The number of hydrogen-bond acceptors (Lipinski definition) is 1. The molecule has 2 aromatic carbocycles. The van der Waals surface area contributed by atoms with Crippen LogP contribution in [0.15, 0.2) is 54.6 Å². The molecule has 0 aliphatic heterocycles. The van der Waals surface area contributed by atoms with E-state index in [1.165, 1.54) is 5.39 Å². The fourth-order valence-electron chi connectivity index (χ4n) is 1.59. The minimum absolute atomic E-state index is 0.527. The highest BCUT2D eigenvalue weighted by molar-refractivity contribution is 6.18. The molecule has 82 valence electrons. The monoisotopic (exact) mass is 232 g/mol. The maximum Gasteiger partial charge on any atom is 0.127 e. The van der Waals surface area contributed by atoms with E-state index in [2.05, 4.69) is 18.2 Å². The van der Waals surface area contributed by atoms with Crippen molar-refractivity contribution in [2.75, 3.05) is 12.5 Å². The van der Waals surface area contributed by atoms with Crippen molar-refractivity contribution in [3.05, 3.63) is 54.6 Å². The summed E-state index contributed by atoms with van der Waals surface area (Å²) in [7, 11) is 0. The molecule has 0 N–H and O–H groups in total. The molecule has 1 nitrogen and oxygen atoms in total. The quantitative estimate of drug-likeness (QED) is 0.572. The van der Waals surface area contributed by atoms with Crippen LogP contribution in [-0.2, 0) is 0 Å². The van der Waals surface area contributed by atoms with Crippen molar-refractivity contribution in [3.63, 3.8) is 0 Å². The summed E-state index contributed by atoms with van der Waals surface area (Å²) < 4.78 is 5.68. The maximum absolute atomic E-state index is 5.68. The lowest BCUT2D eigenvalue weighted by Crippen LogP contribution is -1.94. The summed E-state index contributed by atoms with van der Waals surface area (Å²) in [6.07, 6.45) is 3.81. The van der Waals surface area contributed by atoms with Crippen molar-refractivity contribution in [1.29, 1.82) is 0 Å². The van der Waals surface area contributed by atoms with E-state index < -0.39 is 0 Å².